The fourth-order valence-electron chi connectivity index (χ4n) is 2.60. The van der Waals surface area contributed by atoms with Crippen molar-refractivity contribution < 1.29 is 13.2 Å². The highest BCUT2D eigenvalue weighted by atomic mass is 32.2. The molecule has 1 aliphatic rings. The van der Waals surface area contributed by atoms with Crippen LogP contribution in [0.25, 0.3) is 5.65 Å². The quantitative estimate of drug-likeness (QED) is 0.721. The minimum absolute atomic E-state index is 0.0590. The van der Waals surface area contributed by atoms with E-state index in [9.17, 15) is 13.2 Å². The number of imidazole rings is 1. The van der Waals surface area contributed by atoms with Gasteiger partial charge in [-0.1, -0.05) is 18.2 Å². The lowest BCUT2D eigenvalue weighted by atomic mass is 10.2. The minimum Gasteiger partial charge on any atom is -0.307 e. The lowest BCUT2D eigenvalue weighted by molar-refractivity contribution is 0.0864. The molecular formula is C15H11N3O3S. The van der Waals surface area contributed by atoms with Crippen molar-refractivity contribution in [2.75, 3.05) is 0 Å². The molecule has 0 fully saturated rings. The van der Waals surface area contributed by atoms with Crippen LogP contribution in [0.5, 0.6) is 0 Å². The molecule has 1 amide bonds. The SMILES string of the molecule is O=C1c2ccccc2S(=O)(=O)N1Cc1cn2ccccc2n1. The third kappa shape index (κ3) is 1.75. The first kappa shape index (κ1) is 13.0. The Bertz CT molecular complexity index is 975. The predicted octanol–water partition coefficient (Wildman–Crippen LogP) is 1.68. The molecule has 4 rings (SSSR count). The van der Waals surface area contributed by atoms with E-state index < -0.39 is 15.9 Å². The van der Waals surface area contributed by atoms with E-state index in [0.717, 1.165) is 4.31 Å². The minimum atomic E-state index is -3.80. The van der Waals surface area contributed by atoms with Crippen LogP contribution in [0.2, 0.25) is 0 Å². The van der Waals surface area contributed by atoms with E-state index in [-0.39, 0.29) is 17.0 Å². The van der Waals surface area contributed by atoms with Crippen molar-refractivity contribution in [3.63, 3.8) is 0 Å². The van der Waals surface area contributed by atoms with Gasteiger partial charge in [0, 0.05) is 12.4 Å². The number of hydrogen-bond donors (Lipinski definition) is 0. The Morgan fingerprint density at radius 3 is 2.59 bits per heavy atom. The molecule has 0 radical (unpaired) electrons. The van der Waals surface area contributed by atoms with Crippen molar-refractivity contribution in [1.29, 1.82) is 0 Å². The molecule has 3 heterocycles. The molecular weight excluding hydrogens is 302 g/mol. The Labute approximate surface area is 126 Å². The number of carbonyl (C=O) groups is 1. The average Bonchev–Trinajstić information content (AvgIpc) is 3.01. The van der Waals surface area contributed by atoms with Crippen molar-refractivity contribution in [3.05, 3.63) is 66.1 Å². The molecule has 22 heavy (non-hydrogen) atoms. The Morgan fingerprint density at radius 2 is 1.82 bits per heavy atom. The summed E-state index contributed by atoms with van der Waals surface area (Å²) in [6, 6.07) is 11.8. The van der Waals surface area contributed by atoms with Gasteiger partial charge in [-0.15, -0.1) is 0 Å². The molecule has 3 aromatic rings. The van der Waals surface area contributed by atoms with Crippen molar-refractivity contribution in [3.8, 4) is 0 Å². The first-order chi connectivity index (χ1) is 10.6. The summed E-state index contributed by atoms with van der Waals surface area (Å²) in [5.41, 5.74) is 1.45. The molecule has 7 heteroatoms. The summed E-state index contributed by atoms with van der Waals surface area (Å²) in [4.78, 5) is 16.7. The largest absolute Gasteiger partial charge is 0.307 e. The Kier molecular flexibility index (Phi) is 2.61. The van der Waals surface area contributed by atoms with Crippen LogP contribution < -0.4 is 0 Å². The van der Waals surface area contributed by atoms with E-state index in [0.29, 0.717) is 11.3 Å². The first-order valence-electron chi connectivity index (χ1n) is 6.66. The van der Waals surface area contributed by atoms with E-state index in [1.54, 1.807) is 22.7 Å². The number of nitrogens with zero attached hydrogens (tertiary/aromatic N) is 3. The normalized spacial score (nSPS) is 16.2. The summed E-state index contributed by atoms with van der Waals surface area (Å²) in [6.07, 6.45) is 3.54. The second-order valence-electron chi connectivity index (χ2n) is 5.01. The number of benzene rings is 1. The lowest BCUT2D eigenvalue weighted by Gasteiger charge is -2.13. The molecule has 0 aliphatic carbocycles. The smallest absolute Gasteiger partial charge is 0.269 e. The summed E-state index contributed by atoms with van der Waals surface area (Å²) in [5.74, 6) is -0.507. The molecule has 0 saturated carbocycles. The number of rotatable bonds is 2. The molecule has 2 aromatic heterocycles. The van der Waals surface area contributed by atoms with Crippen LogP contribution in [-0.2, 0) is 16.6 Å². The second kappa shape index (κ2) is 4.41. The number of fused-ring (bicyclic) bond motifs is 2. The highest BCUT2D eigenvalue weighted by molar-refractivity contribution is 7.90. The maximum atomic E-state index is 12.5. The fourth-order valence-corrected chi connectivity index (χ4v) is 4.14. The van der Waals surface area contributed by atoms with E-state index >= 15 is 0 Å². The maximum Gasteiger partial charge on any atom is 0.269 e. The standard InChI is InChI=1S/C15H11N3O3S/c19-15-12-5-1-2-6-13(12)22(20,21)18(15)10-11-9-17-8-4-3-7-14(17)16-11/h1-9H,10H2. The van der Waals surface area contributed by atoms with Crippen LogP contribution in [0.3, 0.4) is 0 Å². The molecule has 0 atom stereocenters. The predicted molar refractivity (Wildman–Crippen MR) is 78.7 cm³/mol. The van der Waals surface area contributed by atoms with Gasteiger partial charge in [0.1, 0.15) is 10.5 Å². The lowest BCUT2D eigenvalue weighted by Crippen LogP contribution is -2.29. The topological polar surface area (TPSA) is 71.8 Å². The summed E-state index contributed by atoms with van der Waals surface area (Å²) in [6.45, 7) is -0.0719. The van der Waals surface area contributed by atoms with Crippen LogP contribution >= 0.6 is 0 Å². The van der Waals surface area contributed by atoms with Gasteiger partial charge >= 0.3 is 0 Å². The van der Waals surface area contributed by atoms with Crippen LogP contribution in [0.4, 0.5) is 0 Å². The van der Waals surface area contributed by atoms with Crippen LogP contribution in [0.15, 0.2) is 59.8 Å². The average molecular weight is 313 g/mol. The van der Waals surface area contributed by atoms with Crippen LogP contribution in [0.1, 0.15) is 16.1 Å². The van der Waals surface area contributed by atoms with E-state index in [4.69, 9.17) is 0 Å². The van der Waals surface area contributed by atoms with Crippen molar-refractivity contribution in [2.45, 2.75) is 11.4 Å². The molecule has 0 N–H and O–H groups in total. The number of pyridine rings is 1. The van der Waals surface area contributed by atoms with Gasteiger partial charge in [0.15, 0.2) is 0 Å². The molecule has 0 saturated heterocycles. The van der Waals surface area contributed by atoms with E-state index in [2.05, 4.69) is 4.98 Å². The zero-order valence-electron chi connectivity index (χ0n) is 11.4. The highest BCUT2D eigenvalue weighted by Gasteiger charge is 2.41. The van der Waals surface area contributed by atoms with Gasteiger partial charge in [0.05, 0.1) is 17.8 Å². The third-order valence-corrected chi connectivity index (χ3v) is 5.42. The van der Waals surface area contributed by atoms with Gasteiger partial charge in [-0.05, 0) is 24.3 Å². The van der Waals surface area contributed by atoms with Gasteiger partial charge in [-0.2, -0.15) is 0 Å². The number of amides is 1. The molecule has 6 nitrogen and oxygen atoms in total. The molecule has 0 bridgehead atoms. The summed E-state index contributed by atoms with van der Waals surface area (Å²) >= 11 is 0. The third-order valence-electron chi connectivity index (χ3n) is 3.63. The molecule has 0 unspecified atom stereocenters. The summed E-state index contributed by atoms with van der Waals surface area (Å²) < 4.78 is 27.6. The van der Waals surface area contributed by atoms with E-state index in [1.165, 1.54) is 12.1 Å². The number of carbonyl (C=O) groups excluding carboxylic acids is 1. The molecule has 1 aromatic carbocycles. The maximum absolute atomic E-state index is 12.5. The number of sulfonamides is 1. The van der Waals surface area contributed by atoms with Crippen molar-refractivity contribution >= 4 is 21.6 Å². The van der Waals surface area contributed by atoms with Gasteiger partial charge in [0.2, 0.25) is 0 Å². The Hall–Kier alpha value is -2.67. The Morgan fingerprint density at radius 1 is 1.05 bits per heavy atom. The molecule has 1 aliphatic heterocycles. The zero-order valence-corrected chi connectivity index (χ0v) is 12.2. The second-order valence-corrected chi connectivity index (χ2v) is 6.84. The highest BCUT2D eigenvalue weighted by Crippen LogP contribution is 2.31. The van der Waals surface area contributed by atoms with E-state index in [1.807, 2.05) is 24.4 Å². The van der Waals surface area contributed by atoms with Crippen LogP contribution in [-0.4, -0.2) is 28.0 Å². The molecule has 110 valence electrons. The molecule has 0 spiro atoms. The van der Waals surface area contributed by atoms with Gasteiger partial charge in [0.25, 0.3) is 15.9 Å². The fraction of sp³-hybridized carbons (Fsp3) is 0.0667. The summed E-state index contributed by atoms with van der Waals surface area (Å²) in [7, 11) is -3.80. The number of hydrogen-bond acceptors (Lipinski definition) is 4. The Balaban J connectivity index is 1.76. The van der Waals surface area contributed by atoms with Crippen molar-refractivity contribution in [1.82, 2.24) is 13.7 Å². The zero-order chi connectivity index (χ0) is 15.3. The van der Waals surface area contributed by atoms with Gasteiger partial charge < -0.3 is 4.40 Å². The monoisotopic (exact) mass is 313 g/mol. The number of aromatic nitrogens is 2. The van der Waals surface area contributed by atoms with Crippen LogP contribution in [0, 0.1) is 0 Å². The van der Waals surface area contributed by atoms with Gasteiger partial charge in [-0.25, -0.2) is 17.7 Å². The summed E-state index contributed by atoms with van der Waals surface area (Å²) in [5, 5.41) is 0. The van der Waals surface area contributed by atoms with Gasteiger partial charge in [-0.3, -0.25) is 4.79 Å². The van der Waals surface area contributed by atoms with Crippen molar-refractivity contribution in [2.24, 2.45) is 0 Å². The first-order valence-corrected chi connectivity index (χ1v) is 8.10.